The van der Waals surface area contributed by atoms with Crippen molar-refractivity contribution in [3.05, 3.63) is 0 Å². The van der Waals surface area contributed by atoms with Crippen molar-refractivity contribution in [1.82, 2.24) is 0 Å². The summed E-state index contributed by atoms with van der Waals surface area (Å²) in [6.07, 6.45) is -10.6. The minimum absolute atomic E-state index is 0.0622. The van der Waals surface area contributed by atoms with Gasteiger partial charge in [0.25, 0.3) is 0 Å². The van der Waals surface area contributed by atoms with Crippen molar-refractivity contribution in [3.63, 3.8) is 0 Å². The van der Waals surface area contributed by atoms with Crippen molar-refractivity contribution in [1.29, 1.82) is 0 Å². The van der Waals surface area contributed by atoms with Crippen molar-refractivity contribution in [3.8, 4) is 0 Å². The predicted octanol–water partition coefficient (Wildman–Crippen LogP) is 6.01. The fourth-order valence-corrected chi connectivity index (χ4v) is 1.56. The molecule has 0 unspecified atom stereocenters. The molecule has 0 N–H and O–H groups in total. The van der Waals surface area contributed by atoms with Crippen molar-refractivity contribution in [2.45, 2.75) is 62.0 Å². The first-order valence-corrected chi connectivity index (χ1v) is 6.20. The molecule has 0 aliphatic heterocycles. The predicted molar refractivity (Wildman–Crippen MR) is 54.9 cm³/mol. The van der Waals surface area contributed by atoms with Gasteiger partial charge in [-0.25, -0.2) is 0 Å². The Labute approximate surface area is 122 Å². The first-order valence-electron chi connectivity index (χ1n) is 6.20. The fraction of sp³-hybridized carbons (Fsp3) is 1.00. The highest BCUT2D eigenvalue weighted by Gasteiger charge is 2.86. The van der Waals surface area contributed by atoms with Crippen LogP contribution in [0.3, 0.4) is 0 Å². The third-order valence-corrected chi connectivity index (χ3v) is 2.98. The third-order valence-electron chi connectivity index (χ3n) is 2.98. The van der Waals surface area contributed by atoms with E-state index in [1.54, 1.807) is 0 Å². The van der Waals surface area contributed by atoms with Gasteiger partial charge in [0.2, 0.25) is 0 Å². The molecule has 0 amide bonds. The molecule has 0 heterocycles. The Hall–Kier alpha value is -0.840. The zero-order valence-corrected chi connectivity index (χ0v) is 11.3. The van der Waals surface area contributed by atoms with E-state index in [0.29, 0.717) is 0 Å². The summed E-state index contributed by atoms with van der Waals surface area (Å²) in [5.74, 6) is -27.4. The number of alkyl halides is 12. The van der Waals surface area contributed by atoms with E-state index in [4.69, 9.17) is 0 Å². The molecule has 0 fully saturated rings. The maximum Gasteiger partial charge on any atom is 0.460 e. The topological polar surface area (TPSA) is 0 Å². The summed E-state index contributed by atoms with van der Waals surface area (Å²) in [7, 11) is 0. The second kappa shape index (κ2) is 6.96. The Morgan fingerprint density at radius 1 is 0.478 bits per heavy atom. The van der Waals surface area contributed by atoms with Crippen LogP contribution in [0.1, 0.15) is 32.1 Å². The zero-order chi connectivity index (χ0) is 18.7. The molecule has 140 valence electrons. The molecule has 0 saturated heterocycles. The SMILES string of the molecule is FCCCCCCC(F)(F)C(F)(F)C(F)(F)C(F)(F)C(F)(F)F. The Bertz CT molecular complexity index is 370. The van der Waals surface area contributed by atoms with E-state index in [1.165, 1.54) is 0 Å². The van der Waals surface area contributed by atoms with Gasteiger partial charge >= 0.3 is 29.9 Å². The van der Waals surface area contributed by atoms with Crippen molar-refractivity contribution in [2.75, 3.05) is 6.67 Å². The summed E-state index contributed by atoms with van der Waals surface area (Å²) in [6.45, 7) is -0.845. The lowest BCUT2D eigenvalue weighted by Gasteiger charge is -2.37. The molecule has 0 radical (unpaired) electrons. The Morgan fingerprint density at radius 3 is 1.30 bits per heavy atom. The highest BCUT2D eigenvalue weighted by molar-refractivity contribution is 5.06. The van der Waals surface area contributed by atoms with E-state index in [9.17, 15) is 52.7 Å². The molecular weight excluding hydrogens is 360 g/mol. The van der Waals surface area contributed by atoms with Crippen LogP contribution in [0.4, 0.5) is 52.7 Å². The summed E-state index contributed by atoms with van der Waals surface area (Å²) in [5.41, 5.74) is 0. The van der Waals surface area contributed by atoms with Crippen molar-refractivity contribution in [2.24, 2.45) is 0 Å². The zero-order valence-electron chi connectivity index (χ0n) is 11.3. The largest absolute Gasteiger partial charge is 0.460 e. The average Bonchev–Trinajstić information content (AvgIpc) is 2.36. The molecule has 0 bridgehead atoms. The molecule has 0 atom stereocenters. The lowest BCUT2D eigenvalue weighted by atomic mass is 9.94. The minimum atomic E-state index is -7.35. The van der Waals surface area contributed by atoms with E-state index in [0.717, 1.165) is 0 Å². The lowest BCUT2D eigenvalue weighted by molar-refractivity contribution is -0.422. The van der Waals surface area contributed by atoms with E-state index in [2.05, 4.69) is 0 Å². The van der Waals surface area contributed by atoms with Crippen LogP contribution in [0.15, 0.2) is 0 Å². The average molecular weight is 372 g/mol. The maximum absolute atomic E-state index is 13.1. The second-order valence-corrected chi connectivity index (χ2v) is 4.78. The van der Waals surface area contributed by atoms with Gasteiger partial charge in [0, 0.05) is 6.42 Å². The minimum Gasteiger partial charge on any atom is -0.251 e. The maximum atomic E-state index is 13.1. The summed E-state index contributed by atoms with van der Waals surface area (Å²) < 4.78 is 150. The van der Waals surface area contributed by atoms with Crippen LogP contribution in [0.25, 0.3) is 0 Å². The van der Waals surface area contributed by atoms with Crippen LogP contribution in [-0.4, -0.2) is 36.5 Å². The molecule has 0 spiro atoms. The van der Waals surface area contributed by atoms with Gasteiger partial charge in [-0.2, -0.15) is 48.3 Å². The Balaban J connectivity index is 5.26. The fourth-order valence-electron chi connectivity index (χ4n) is 1.56. The molecule has 0 aliphatic carbocycles. The van der Waals surface area contributed by atoms with E-state index in [1.807, 2.05) is 0 Å². The highest BCUT2D eigenvalue weighted by Crippen LogP contribution is 2.58. The van der Waals surface area contributed by atoms with Crippen LogP contribution in [0.5, 0.6) is 0 Å². The monoisotopic (exact) mass is 372 g/mol. The lowest BCUT2D eigenvalue weighted by Crippen LogP contribution is -2.66. The van der Waals surface area contributed by atoms with Gasteiger partial charge in [0.05, 0.1) is 6.67 Å². The standard InChI is InChI=1S/C11H12F12/c12-6-4-2-1-3-5-7(13,14)8(15,16)9(17,18)10(19,20)11(21,22)23/h1-6H2. The van der Waals surface area contributed by atoms with Crippen LogP contribution >= 0.6 is 0 Å². The number of hydrogen-bond acceptors (Lipinski definition) is 0. The molecule has 23 heavy (non-hydrogen) atoms. The van der Waals surface area contributed by atoms with Gasteiger partial charge in [-0.1, -0.05) is 12.8 Å². The van der Waals surface area contributed by atoms with Gasteiger partial charge in [0.1, 0.15) is 0 Å². The quantitative estimate of drug-likeness (QED) is 0.344. The Morgan fingerprint density at radius 2 is 0.913 bits per heavy atom. The molecule has 0 aliphatic rings. The van der Waals surface area contributed by atoms with Crippen LogP contribution < -0.4 is 0 Å². The Kier molecular flexibility index (Phi) is 6.70. The molecule has 0 saturated carbocycles. The summed E-state index contributed by atoms with van der Waals surface area (Å²) in [5, 5.41) is 0. The number of rotatable bonds is 9. The van der Waals surface area contributed by atoms with Crippen LogP contribution in [0, 0.1) is 0 Å². The van der Waals surface area contributed by atoms with Gasteiger partial charge in [0.15, 0.2) is 0 Å². The van der Waals surface area contributed by atoms with Gasteiger partial charge in [-0.15, -0.1) is 0 Å². The first kappa shape index (κ1) is 22.2. The molecule has 0 aromatic rings. The number of halogens is 12. The van der Waals surface area contributed by atoms with Crippen LogP contribution in [-0.2, 0) is 0 Å². The van der Waals surface area contributed by atoms with Gasteiger partial charge < -0.3 is 0 Å². The van der Waals surface area contributed by atoms with Crippen molar-refractivity contribution >= 4 is 0 Å². The van der Waals surface area contributed by atoms with Gasteiger partial charge in [-0.05, 0) is 12.8 Å². The van der Waals surface area contributed by atoms with E-state index in [-0.39, 0.29) is 19.3 Å². The number of hydrogen-bond donors (Lipinski definition) is 0. The van der Waals surface area contributed by atoms with Crippen molar-refractivity contribution < 1.29 is 52.7 Å². The molecular formula is C11H12F12. The third kappa shape index (κ3) is 4.17. The second-order valence-electron chi connectivity index (χ2n) is 4.78. The molecule has 0 aromatic heterocycles. The summed E-state index contributed by atoms with van der Waals surface area (Å²) >= 11 is 0. The molecule has 0 rings (SSSR count). The molecule has 0 aromatic carbocycles. The normalized spacial score (nSPS) is 15.1. The van der Waals surface area contributed by atoms with E-state index >= 15 is 0 Å². The molecule has 0 nitrogen and oxygen atoms in total. The summed E-state index contributed by atoms with van der Waals surface area (Å²) in [6, 6.07) is 0. The highest BCUT2D eigenvalue weighted by atomic mass is 19.4. The first-order chi connectivity index (χ1) is 10.1. The summed E-state index contributed by atoms with van der Waals surface area (Å²) in [4.78, 5) is 0. The van der Waals surface area contributed by atoms with E-state index < -0.39 is 49.4 Å². The van der Waals surface area contributed by atoms with Gasteiger partial charge in [-0.3, -0.25) is 4.39 Å². The molecule has 12 heteroatoms. The smallest absolute Gasteiger partial charge is 0.251 e. The number of unbranched alkanes of at least 4 members (excludes halogenated alkanes) is 3. The van der Waals surface area contributed by atoms with Crippen LogP contribution in [0.2, 0.25) is 0 Å².